The van der Waals surface area contributed by atoms with E-state index in [-0.39, 0.29) is 24.4 Å². The van der Waals surface area contributed by atoms with E-state index in [0.29, 0.717) is 28.7 Å². The maximum absolute atomic E-state index is 12.2. The Morgan fingerprint density at radius 3 is 2.17 bits per heavy atom. The van der Waals surface area contributed by atoms with Crippen molar-refractivity contribution in [3.05, 3.63) is 33.8 Å². The second kappa shape index (κ2) is 6.62. The smallest absolute Gasteiger partial charge is 0.253 e. The van der Waals surface area contributed by atoms with Gasteiger partial charge >= 0.3 is 0 Å². The normalized spacial score (nSPS) is 16.3. The molecule has 18 heavy (non-hydrogen) atoms. The Labute approximate surface area is 123 Å². The van der Waals surface area contributed by atoms with E-state index in [1.165, 1.54) is 0 Å². The van der Waals surface area contributed by atoms with Crippen LogP contribution in [0.4, 0.5) is 0 Å². The summed E-state index contributed by atoms with van der Waals surface area (Å²) in [5, 5.41) is 0.962. The molecule has 0 radical (unpaired) electrons. The molecule has 0 atom stereocenters. The van der Waals surface area contributed by atoms with Crippen LogP contribution in [0.2, 0.25) is 10.0 Å². The fraction of sp³-hybridized carbons (Fsp3) is 0.417. The second-order valence-corrected chi connectivity index (χ2v) is 5.16. The molecular weight excluding hydrogens is 295 g/mol. The highest BCUT2D eigenvalue weighted by molar-refractivity contribution is 6.35. The number of carbonyl (C=O) groups is 1. The number of benzene rings is 1. The van der Waals surface area contributed by atoms with Crippen LogP contribution in [0.15, 0.2) is 18.2 Å². The average molecular weight is 310 g/mol. The number of amides is 1. The van der Waals surface area contributed by atoms with Crippen molar-refractivity contribution < 1.29 is 4.79 Å². The summed E-state index contributed by atoms with van der Waals surface area (Å²) < 4.78 is 0. The van der Waals surface area contributed by atoms with Crippen molar-refractivity contribution in [1.82, 2.24) is 4.90 Å². The van der Waals surface area contributed by atoms with Gasteiger partial charge < -0.3 is 10.6 Å². The summed E-state index contributed by atoms with van der Waals surface area (Å²) in [6.07, 6.45) is 1.69. The second-order valence-electron chi connectivity index (χ2n) is 4.29. The maximum atomic E-state index is 12.2. The number of nitrogens with two attached hydrogens (primary N) is 1. The van der Waals surface area contributed by atoms with Gasteiger partial charge in [0.15, 0.2) is 0 Å². The topological polar surface area (TPSA) is 46.3 Å². The molecule has 1 heterocycles. The van der Waals surface area contributed by atoms with Crippen molar-refractivity contribution in [2.45, 2.75) is 18.9 Å². The van der Waals surface area contributed by atoms with Crippen LogP contribution in [0.25, 0.3) is 0 Å². The van der Waals surface area contributed by atoms with Crippen molar-refractivity contribution in [3.63, 3.8) is 0 Å². The van der Waals surface area contributed by atoms with Gasteiger partial charge in [-0.05, 0) is 31.0 Å². The first-order chi connectivity index (χ1) is 8.06. The highest BCUT2D eigenvalue weighted by Crippen LogP contribution is 2.21. The summed E-state index contributed by atoms with van der Waals surface area (Å²) >= 11 is 11.8. The predicted octanol–water partition coefficient (Wildman–Crippen LogP) is 2.98. The first kappa shape index (κ1) is 15.6. The van der Waals surface area contributed by atoms with E-state index < -0.39 is 0 Å². The molecule has 0 bridgehead atoms. The molecule has 0 aromatic heterocycles. The summed E-state index contributed by atoms with van der Waals surface area (Å²) in [6.45, 7) is 1.40. The molecule has 100 valence electrons. The average Bonchev–Trinajstić information content (AvgIpc) is 2.28. The van der Waals surface area contributed by atoms with Crippen LogP contribution in [0.5, 0.6) is 0 Å². The van der Waals surface area contributed by atoms with Gasteiger partial charge in [-0.25, -0.2) is 0 Å². The van der Waals surface area contributed by atoms with E-state index in [1.807, 2.05) is 0 Å². The minimum Gasteiger partial charge on any atom is -0.339 e. The largest absolute Gasteiger partial charge is 0.339 e. The van der Waals surface area contributed by atoms with Gasteiger partial charge in [0.2, 0.25) is 0 Å². The van der Waals surface area contributed by atoms with Gasteiger partial charge in [0.05, 0.1) is 0 Å². The first-order valence-electron chi connectivity index (χ1n) is 5.57. The van der Waals surface area contributed by atoms with Gasteiger partial charge in [-0.3, -0.25) is 4.79 Å². The molecule has 1 aromatic carbocycles. The van der Waals surface area contributed by atoms with Gasteiger partial charge in [0, 0.05) is 34.7 Å². The first-order valence-corrected chi connectivity index (χ1v) is 6.33. The van der Waals surface area contributed by atoms with Crippen LogP contribution in [-0.4, -0.2) is 29.9 Å². The molecule has 0 unspecified atom stereocenters. The van der Waals surface area contributed by atoms with Gasteiger partial charge in [0.25, 0.3) is 5.91 Å². The van der Waals surface area contributed by atoms with E-state index in [1.54, 1.807) is 23.1 Å². The van der Waals surface area contributed by atoms with Crippen molar-refractivity contribution in [2.24, 2.45) is 5.73 Å². The number of nitrogens with zero attached hydrogens (tertiary/aromatic N) is 1. The standard InChI is InChI=1S/C12H14Cl2N2O.ClH/c13-9-5-8(6-10(14)7-9)12(17)16-3-1-11(15)2-4-16;/h5-7,11H,1-4,15H2;1H. The van der Waals surface area contributed by atoms with Crippen molar-refractivity contribution >= 4 is 41.5 Å². The molecule has 2 rings (SSSR count). The number of carbonyl (C=O) groups excluding carboxylic acids is 1. The molecule has 1 aliphatic heterocycles. The summed E-state index contributed by atoms with van der Waals surface area (Å²) in [4.78, 5) is 14.0. The highest BCUT2D eigenvalue weighted by atomic mass is 35.5. The molecule has 1 fully saturated rings. The fourth-order valence-electron chi connectivity index (χ4n) is 1.96. The zero-order valence-electron chi connectivity index (χ0n) is 9.73. The monoisotopic (exact) mass is 308 g/mol. The molecule has 2 N–H and O–H groups in total. The van der Waals surface area contributed by atoms with Gasteiger partial charge in [0.1, 0.15) is 0 Å². The molecule has 0 saturated carbocycles. The lowest BCUT2D eigenvalue weighted by Gasteiger charge is -2.30. The quantitative estimate of drug-likeness (QED) is 0.867. The Bertz CT molecular complexity index is 411. The zero-order chi connectivity index (χ0) is 12.4. The van der Waals surface area contributed by atoms with Gasteiger partial charge in [-0.1, -0.05) is 23.2 Å². The lowest BCUT2D eigenvalue weighted by molar-refractivity contribution is 0.0715. The molecular formula is C12H15Cl3N2O. The number of hydrogen-bond donors (Lipinski definition) is 1. The minimum absolute atomic E-state index is 0. The van der Waals surface area contributed by atoms with Crippen molar-refractivity contribution in [1.29, 1.82) is 0 Å². The van der Waals surface area contributed by atoms with Gasteiger partial charge in [-0.2, -0.15) is 0 Å². The Hall–Kier alpha value is -0.480. The summed E-state index contributed by atoms with van der Waals surface area (Å²) in [5.74, 6) is -0.0266. The minimum atomic E-state index is -0.0266. The Morgan fingerprint density at radius 1 is 1.17 bits per heavy atom. The molecule has 1 aliphatic rings. The van der Waals surface area contributed by atoms with E-state index >= 15 is 0 Å². The molecule has 6 heteroatoms. The number of halogens is 3. The Balaban J connectivity index is 0.00000162. The molecule has 3 nitrogen and oxygen atoms in total. The molecule has 1 saturated heterocycles. The SMILES string of the molecule is Cl.NC1CCN(C(=O)c2cc(Cl)cc(Cl)c2)CC1. The van der Waals surface area contributed by atoms with Gasteiger partial charge in [-0.15, -0.1) is 12.4 Å². The van der Waals surface area contributed by atoms with Crippen LogP contribution >= 0.6 is 35.6 Å². The number of piperidine rings is 1. The third kappa shape index (κ3) is 3.75. The van der Waals surface area contributed by atoms with Crippen LogP contribution in [0.3, 0.4) is 0 Å². The van der Waals surface area contributed by atoms with E-state index in [0.717, 1.165) is 12.8 Å². The lowest BCUT2D eigenvalue weighted by atomic mass is 10.0. The Morgan fingerprint density at radius 2 is 1.67 bits per heavy atom. The molecule has 1 aromatic rings. The lowest BCUT2D eigenvalue weighted by Crippen LogP contribution is -2.42. The van der Waals surface area contributed by atoms with E-state index in [2.05, 4.69) is 0 Å². The number of rotatable bonds is 1. The van der Waals surface area contributed by atoms with Crippen molar-refractivity contribution in [3.8, 4) is 0 Å². The number of likely N-dealkylation sites (tertiary alicyclic amines) is 1. The van der Waals surface area contributed by atoms with Crippen LogP contribution in [0, 0.1) is 0 Å². The predicted molar refractivity (Wildman–Crippen MR) is 76.8 cm³/mol. The molecule has 0 spiro atoms. The fourth-order valence-corrected chi connectivity index (χ4v) is 2.49. The van der Waals surface area contributed by atoms with Crippen molar-refractivity contribution in [2.75, 3.05) is 13.1 Å². The maximum Gasteiger partial charge on any atom is 0.253 e. The highest BCUT2D eigenvalue weighted by Gasteiger charge is 2.21. The zero-order valence-corrected chi connectivity index (χ0v) is 12.1. The molecule has 1 amide bonds. The van der Waals surface area contributed by atoms with Crippen LogP contribution in [0.1, 0.15) is 23.2 Å². The van der Waals surface area contributed by atoms with Crippen LogP contribution < -0.4 is 5.73 Å². The summed E-state index contributed by atoms with van der Waals surface area (Å²) in [5.41, 5.74) is 6.34. The third-order valence-corrected chi connectivity index (χ3v) is 3.37. The summed E-state index contributed by atoms with van der Waals surface area (Å²) in [6, 6.07) is 5.11. The van der Waals surface area contributed by atoms with E-state index in [9.17, 15) is 4.79 Å². The van der Waals surface area contributed by atoms with E-state index in [4.69, 9.17) is 28.9 Å². The third-order valence-electron chi connectivity index (χ3n) is 2.94. The number of hydrogen-bond acceptors (Lipinski definition) is 2. The Kier molecular flexibility index (Phi) is 5.73. The van der Waals surface area contributed by atoms with Crippen LogP contribution in [-0.2, 0) is 0 Å². The molecule has 0 aliphatic carbocycles. The summed E-state index contributed by atoms with van der Waals surface area (Å²) in [7, 11) is 0.